The average Bonchev–Trinajstić information content (AvgIpc) is 2.39. The number of ether oxygens (including phenoxy) is 2. The van der Waals surface area contributed by atoms with Crippen LogP contribution in [0, 0.1) is 6.92 Å². The van der Waals surface area contributed by atoms with Crippen molar-refractivity contribution in [2.24, 2.45) is 5.73 Å². The van der Waals surface area contributed by atoms with Crippen LogP contribution in [0.4, 0.5) is 0 Å². The quantitative estimate of drug-likeness (QED) is 0.793. The summed E-state index contributed by atoms with van der Waals surface area (Å²) in [5, 5.41) is 8.71. The first-order valence-electron chi connectivity index (χ1n) is 5.77. The molecule has 0 heterocycles. The van der Waals surface area contributed by atoms with Gasteiger partial charge in [0.15, 0.2) is 11.5 Å². The van der Waals surface area contributed by atoms with Gasteiger partial charge in [-0.3, -0.25) is 4.79 Å². The molecular weight excluding hydrogens is 266 g/mol. The highest BCUT2D eigenvalue weighted by atomic mass is 32.2. The lowest BCUT2D eigenvalue weighted by Crippen LogP contribution is -2.32. The van der Waals surface area contributed by atoms with Gasteiger partial charge in [0.2, 0.25) is 0 Å². The Balaban J connectivity index is 2.71. The maximum atomic E-state index is 10.6. The molecule has 0 radical (unpaired) electrons. The molecule has 1 aromatic carbocycles. The highest BCUT2D eigenvalue weighted by Crippen LogP contribution is 2.31. The zero-order valence-corrected chi connectivity index (χ0v) is 12.1. The van der Waals surface area contributed by atoms with Gasteiger partial charge in [-0.1, -0.05) is 0 Å². The topological polar surface area (TPSA) is 81.8 Å². The van der Waals surface area contributed by atoms with Gasteiger partial charge in [0, 0.05) is 11.5 Å². The summed E-state index contributed by atoms with van der Waals surface area (Å²) in [7, 11) is 3.18. The Hall–Kier alpha value is -1.40. The Morgan fingerprint density at radius 2 is 1.95 bits per heavy atom. The Morgan fingerprint density at radius 3 is 2.47 bits per heavy atom. The molecule has 1 aromatic rings. The molecule has 1 rings (SSSR count). The second-order valence-electron chi connectivity index (χ2n) is 4.09. The monoisotopic (exact) mass is 285 g/mol. The van der Waals surface area contributed by atoms with E-state index in [1.54, 1.807) is 14.2 Å². The van der Waals surface area contributed by atoms with Crippen molar-refractivity contribution in [2.75, 3.05) is 20.0 Å². The van der Waals surface area contributed by atoms with Crippen molar-refractivity contribution in [1.29, 1.82) is 0 Å². The van der Waals surface area contributed by atoms with E-state index in [4.69, 9.17) is 20.3 Å². The zero-order valence-electron chi connectivity index (χ0n) is 11.3. The number of rotatable bonds is 7. The van der Waals surface area contributed by atoms with Crippen LogP contribution in [0.25, 0.3) is 0 Å². The molecule has 0 spiro atoms. The number of methoxy groups -OCH3 is 2. The molecule has 0 aliphatic heterocycles. The Morgan fingerprint density at radius 1 is 1.37 bits per heavy atom. The van der Waals surface area contributed by atoms with Gasteiger partial charge in [0.1, 0.15) is 6.04 Å². The molecular formula is C13H19NO4S. The number of carboxylic acids is 1. The van der Waals surface area contributed by atoms with Crippen molar-refractivity contribution >= 4 is 17.7 Å². The van der Waals surface area contributed by atoms with Gasteiger partial charge >= 0.3 is 5.97 Å². The number of aryl methyl sites for hydroxylation is 1. The predicted molar refractivity (Wildman–Crippen MR) is 76.1 cm³/mol. The van der Waals surface area contributed by atoms with Crippen molar-refractivity contribution in [3.63, 3.8) is 0 Å². The third-order valence-electron chi connectivity index (χ3n) is 2.71. The SMILES string of the molecule is COc1cc(C)c(CSC[C@H](N)C(=O)O)cc1OC. The van der Waals surface area contributed by atoms with Crippen LogP contribution in [0.1, 0.15) is 11.1 Å². The molecule has 19 heavy (non-hydrogen) atoms. The average molecular weight is 285 g/mol. The van der Waals surface area contributed by atoms with Crippen LogP contribution < -0.4 is 15.2 Å². The first-order chi connectivity index (χ1) is 8.99. The Bertz CT molecular complexity index is 451. The number of benzene rings is 1. The third kappa shape index (κ3) is 4.33. The van der Waals surface area contributed by atoms with E-state index < -0.39 is 12.0 Å². The largest absolute Gasteiger partial charge is 0.493 e. The molecule has 0 aromatic heterocycles. The van der Waals surface area contributed by atoms with Crippen molar-refractivity contribution in [3.05, 3.63) is 23.3 Å². The number of hydrogen-bond acceptors (Lipinski definition) is 5. The van der Waals surface area contributed by atoms with E-state index in [-0.39, 0.29) is 0 Å². The summed E-state index contributed by atoms with van der Waals surface area (Å²) in [6.07, 6.45) is 0. The predicted octanol–water partition coefficient (Wildman–Crippen LogP) is 1.66. The van der Waals surface area contributed by atoms with Gasteiger partial charge in [-0.15, -0.1) is 0 Å². The van der Waals surface area contributed by atoms with E-state index in [9.17, 15) is 4.79 Å². The summed E-state index contributed by atoms with van der Waals surface area (Å²) < 4.78 is 10.5. The molecule has 1 atom stereocenters. The molecule has 0 saturated carbocycles. The van der Waals surface area contributed by atoms with E-state index in [2.05, 4.69) is 0 Å². The highest BCUT2D eigenvalue weighted by Gasteiger charge is 2.12. The smallest absolute Gasteiger partial charge is 0.321 e. The van der Waals surface area contributed by atoms with Gasteiger partial charge in [-0.25, -0.2) is 0 Å². The lowest BCUT2D eigenvalue weighted by molar-refractivity contribution is -0.137. The van der Waals surface area contributed by atoms with Crippen LogP contribution >= 0.6 is 11.8 Å². The first kappa shape index (κ1) is 15.7. The second-order valence-corrected chi connectivity index (χ2v) is 5.12. The number of thioether (sulfide) groups is 1. The summed E-state index contributed by atoms with van der Waals surface area (Å²) in [6.45, 7) is 1.98. The van der Waals surface area contributed by atoms with E-state index in [0.717, 1.165) is 11.1 Å². The van der Waals surface area contributed by atoms with Crippen LogP contribution in [-0.4, -0.2) is 37.1 Å². The summed E-state index contributed by atoms with van der Waals surface area (Å²) in [4.78, 5) is 10.6. The molecule has 0 fully saturated rings. The maximum Gasteiger partial charge on any atom is 0.321 e. The lowest BCUT2D eigenvalue weighted by Gasteiger charge is -2.13. The zero-order chi connectivity index (χ0) is 14.4. The van der Waals surface area contributed by atoms with Gasteiger partial charge in [-0.05, 0) is 30.2 Å². The molecule has 0 bridgehead atoms. The van der Waals surface area contributed by atoms with Crippen LogP contribution in [-0.2, 0) is 10.5 Å². The molecule has 6 heteroatoms. The van der Waals surface area contributed by atoms with Crippen molar-refractivity contribution in [3.8, 4) is 11.5 Å². The van der Waals surface area contributed by atoms with Crippen LogP contribution in [0.3, 0.4) is 0 Å². The number of hydrogen-bond donors (Lipinski definition) is 2. The van der Waals surface area contributed by atoms with Gasteiger partial charge < -0.3 is 20.3 Å². The van der Waals surface area contributed by atoms with Gasteiger partial charge in [0.05, 0.1) is 14.2 Å². The molecule has 0 aliphatic carbocycles. The highest BCUT2D eigenvalue weighted by molar-refractivity contribution is 7.98. The minimum absolute atomic E-state index is 0.378. The standard InChI is InChI=1S/C13H19NO4S/c1-8-4-11(17-2)12(18-3)5-9(8)6-19-7-10(14)13(15)16/h4-5,10H,6-7,14H2,1-3H3,(H,15,16)/t10-/m0/s1. The third-order valence-corrected chi connectivity index (χ3v) is 3.82. The molecule has 0 unspecified atom stereocenters. The maximum absolute atomic E-state index is 10.6. The molecule has 0 saturated heterocycles. The molecule has 5 nitrogen and oxygen atoms in total. The van der Waals surface area contributed by atoms with Crippen LogP contribution in [0.5, 0.6) is 11.5 Å². The van der Waals surface area contributed by atoms with Gasteiger partial charge in [-0.2, -0.15) is 11.8 Å². The van der Waals surface area contributed by atoms with Crippen molar-refractivity contribution < 1.29 is 19.4 Å². The van der Waals surface area contributed by atoms with Crippen molar-refractivity contribution in [1.82, 2.24) is 0 Å². The lowest BCUT2D eigenvalue weighted by atomic mass is 10.1. The molecule has 3 N–H and O–H groups in total. The van der Waals surface area contributed by atoms with E-state index >= 15 is 0 Å². The van der Waals surface area contributed by atoms with Gasteiger partial charge in [0.25, 0.3) is 0 Å². The van der Waals surface area contributed by atoms with E-state index in [0.29, 0.717) is 23.0 Å². The number of carbonyl (C=O) groups is 1. The fourth-order valence-electron chi connectivity index (χ4n) is 1.55. The molecule has 106 valence electrons. The fourth-order valence-corrected chi connectivity index (χ4v) is 2.59. The fraction of sp³-hybridized carbons (Fsp3) is 0.462. The first-order valence-corrected chi connectivity index (χ1v) is 6.92. The van der Waals surface area contributed by atoms with Crippen molar-refractivity contribution in [2.45, 2.75) is 18.7 Å². The van der Waals surface area contributed by atoms with E-state index in [1.165, 1.54) is 11.8 Å². The summed E-state index contributed by atoms with van der Waals surface area (Å²) in [5.74, 6) is 1.45. The van der Waals surface area contributed by atoms with E-state index in [1.807, 2.05) is 19.1 Å². The Labute approximate surface area is 117 Å². The normalized spacial score (nSPS) is 12.0. The number of carboxylic acid groups (broad SMARTS) is 1. The molecule has 0 amide bonds. The minimum Gasteiger partial charge on any atom is -0.493 e. The molecule has 0 aliphatic rings. The second kappa shape index (κ2) is 7.25. The van der Waals surface area contributed by atoms with Crippen LogP contribution in [0.15, 0.2) is 12.1 Å². The Kier molecular flexibility index (Phi) is 5.98. The number of aliphatic carboxylic acids is 1. The summed E-state index contributed by atoms with van der Waals surface area (Å²) in [6, 6.07) is 2.99. The van der Waals surface area contributed by atoms with Crippen LogP contribution in [0.2, 0.25) is 0 Å². The minimum atomic E-state index is -0.975. The summed E-state index contributed by atoms with van der Waals surface area (Å²) in [5.41, 5.74) is 7.62. The number of nitrogens with two attached hydrogens (primary N) is 1. The summed E-state index contributed by atoms with van der Waals surface area (Å²) >= 11 is 1.49.